The molecule has 4 rings (SSSR count). The Bertz CT molecular complexity index is 996. The van der Waals surface area contributed by atoms with Crippen LogP contribution in [0.1, 0.15) is 59.7 Å². The molecule has 6 nitrogen and oxygen atoms in total. The molecule has 2 fully saturated rings. The summed E-state index contributed by atoms with van der Waals surface area (Å²) < 4.78 is 16.0. The summed E-state index contributed by atoms with van der Waals surface area (Å²) in [5, 5.41) is 4.05. The van der Waals surface area contributed by atoms with Gasteiger partial charge in [-0.3, -0.25) is 19.2 Å². The van der Waals surface area contributed by atoms with Crippen LogP contribution >= 0.6 is 0 Å². The van der Waals surface area contributed by atoms with Crippen LogP contribution in [0.5, 0.6) is 0 Å². The molecule has 2 heterocycles. The largest absolute Gasteiger partial charge is 0.337 e. The van der Waals surface area contributed by atoms with E-state index in [-0.39, 0.29) is 30.0 Å². The average molecular weight is 441 g/mol. The van der Waals surface area contributed by atoms with Crippen molar-refractivity contribution in [2.75, 3.05) is 19.6 Å². The predicted octanol–water partition coefficient (Wildman–Crippen LogP) is 3.52. The minimum atomic E-state index is -0.317. The van der Waals surface area contributed by atoms with E-state index in [9.17, 15) is 14.0 Å². The third kappa shape index (κ3) is 4.93. The first-order valence-corrected chi connectivity index (χ1v) is 11.6. The van der Waals surface area contributed by atoms with Crippen LogP contribution in [0.2, 0.25) is 0 Å². The Kier molecular flexibility index (Phi) is 6.74. The first-order valence-electron chi connectivity index (χ1n) is 11.6. The van der Waals surface area contributed by atoms with Gasteiger partial charge in [-0.2, -0.15) is 5.10 Å². The molecule has 0 radical (unpaired) electrons. The molecule has 7 heteroatoms. The first-order chi connectivity index (χ1) is 15.3. The maximum absolute atomic E-state index is 14.4. The zero-order valence-electron chi connectivity index (χ0n) is 19.3. The molecule has 1 saturated carbocycles. The van der Waals surface area contributed by atoms with E-state index in [0.717, 1.165) is 62.0 Å². The summed E-state index contributed by atoms with van der Waals surface area (Å²) in [5.74, 6) is 0.134. The van der Waals surface area contributed by atoms with E-state index in [1.807, 2.05) is 11.8 Å². The molecule has 1 saturated heterocycles. The lowest BCUT2D eigenvalue weighted by molar-refractivity contribution is -0.140. The second kappa shape index (κ2) is 9.53. The SMILES string of the molecule is Cc1c(CC(=O)c2cnn(C)c2)cc(F)cc1CN1CCN(C(=O)C2CCCC2)[C@@H](C)C1. The van der Waals surface area contributed by atoms with Crippen LogP contribution in [0.4, 0.5) is 4.39 Å². The molecule has 2 aromatic rings. The fraction of sp³-hybridized carbons (Fsp3) is 0.560. The summed E-state index contributed by atoms with van der Waals surface area (Å²) in [5.41, 5.74) is 3.12. The molecule has 0 unspecified atom stereocenters. The van der Waals surface area contributed by atoms with Gasteiger partial charge in [0.05, 0.1) is 11.8 Å². The van der Waals surface area contributed by atoms with Gasteiger partial charge in [0.2, 0.25) is 5.91 Å². The monoisotopic (exact) mass is 440 g/mol. The van der Waals surface area contributed by atoms with Crippen molar-refractivity contribution >= 4 is 11.7 Å². The van der Waals surface area contributed by atoms with Crippen LogP contribution < -0.4 is 0 Å². The molecule has 1 aliphatic heterocycles. The molecule has 0 spiro atoms. The zero-order chi connectivity index (χ0) is 22.8. The third-order valence-corrected chi connectivity index (χ3v) is 7.06. The standard InChI is InChI=1S/C25H33FN4O2/c1-17-14-29(8-9-30(17)25(32)19-6-4-5-7-19)16-21-11-23(26)10-20(18(21)2)12-24(31)22-13-27-28(3)15-22/h10-11,13,15,17,19H,4-9,12,14,16H2,1-3H3/t17-/m0/s1. The van der Waals surface area contributed by atoms with Crippen LogP contribution in [0.3, 0.4) is 0 Å². The number of carbonyl (C=O) groups is 2. The number of piperazine rings is 1. The molecule has 1 atom stereocenters. The van der Waals surface area contributed by atoms with Gasteiger partial charge < -0.3 is 4.90 Å². The van der Waals surface area contributed by atoms with Crippen molar-refractivity contribution < 1.29 is 14.0 Å². The molecule has 0 bridgehead atoms. The van der Waals surface area contributed by atoms with Crippen molar-refractivity contribution in [1.82, 2.24) is 19.6 Å². The third-order valence-electron chi connectivity index (χ3n) is 7.06. The lowest BCUT2D eigenvalue weighted by Gasteiger charge is -2.41. The number of nitrogens with zero attached hydrogens (tertiary/aromatic N) is 4. The second-order valence-corrected chi connectivity index (χ2v) is 9.45. The highest BCUT2D eigenvalue weighted by molar-refractivity contribution is 5.97. The molecule has 32 heavy (non-hydrogen) atoms. The number of carbonyl (C=O) groups excluding carboxylic acids is 2. The highest BCUT2D eigenvalue weighted by Crippen LogP contribution is 2.28. The predicted molar refractivity (Wildman–Crippen MR) is 121 cm³/mol. The number of halogens is 1. The highest BCUT2D eigenvalue weighted by atomic mass is 19.1. The van der Waals surface area contributed by atoms with Crippen molar-refractivity contribution in [3.8, 4) is 0 Å². The van der Waals surface area contributed by atoms with Crippen LogP contribution in [0.15, 0.2) is 24.5 Å². The zero-order valence-corrected chi connectivity index (χ0v) is 19.3. The maximum atomic E-state index is 14.4. The summed E-state index contributed by atoms with van der Waals surface area (Å²) in [6.45, 7) is 6.96. The fourth-order valence-corrected chi connectivity index (χ4v) is 5.14. The number of hydrogen-bond donors (Lipinski definition) is 0. The lowest BCUT2D eigenvalue weighted by atomic mass is 9.96. The number of ketones is 1. The number of Topliss-reactive ketones (excluding diaryl/α,β-unsaturated/α-hetero) is 1. The Morgan fingerprint density at radius 1 is 1.16 bits per heavy atom. The Morgan fingerprint density at radius 2 is 1.88 bits per heavy atom. The van der Waals surface area contributed by atoms with Gasteiger partial charge in [0, 0.05) is 57.8 Å². The Hall–Kier alpha value is -2.54. The summed E-state index contributed by atoms with van der Waals surface area (Å²) in [6, 6.07) is 3.19. The number of aromatic nitrogens is 2. The summed E-state index contributed by atoms with van der Waals surface area (Å²) in [4.78, 5) is 29.8. The van der Waals surface area contributed by atoms with Crippen molar-refractivity contribution in [2.24, 2.45) is 13.0 Å². The highest BCUT2D eigenvalue weighted by Gasteiger charge is 2.33. The van der Waals surface area contributed by atoms with Crippen molar-refractivity contribution in [3.05, 3.63) is 52.6 Å². The van der Waals surface area contributed by atoms with E-state index in [2.05, 4.69) is 16.9 Å². The van der Waals surface area contributed by atoms with Crippen LogP contribution in [0, 0.1) is 18.7 Å². The summed E-state index contributed by atoms with van der Waals surface area (Å²) in [6.07, 6.45) is 7.76. The summed E-state index contributed by atoms with van der Waals surface area (Å²) in [7, 11) is 1.77. The molecule has 1 aromatic carbocycles. The quantitative estimate of drug-likeness (QED) is 0.645. The Labute approximate surface area is 189 Å². The van der Waals surface area contributed by atoms with Crippen molar-refractivity contribution in [3.63, 3.8) is 0 Å². The van der Waals surface area contributed by atoms with Crippen molar-refractivity contribution in [1.29, 1.82) is 0 Å². The van der Waals surface area contributed by atoms with Gasteiger partial charge in [0.1, 0.15) is 5.82 Å². The van der Waals surface area contributed by atoms with Gasteiger partial charge in [-0.15, -0.1) is 0 Å². The van der Waals surface area contributed by atoms with Gasteiger partial charge in [0.25, 0.3) is 0 Å². The molecule has 0 N–H and O–H groups in total. The molecular formula is C25H33FN4O2. The van der Waals surface area contributed by atoms with Crippen LogP contribution in [0.25, 0.3) is 0 Å². The Balaban J connectivity index is 1.42. The van der Waals surface area contributed by atoms with E-state index < -0.39 is 0 Å². The smallest absolute Gasteiger partial charge is 0.226 e. The van der Waals surface area contributed by atoms with Crippen LogP contribution in [-0.2, 0) is 24.8 Å². The van der Waals surface area contributed by atoms with Gasteiger partial charge in [-0.05, 0) is 55.5 Å². The summed E-state index contributed by atoms with van der Waals surface area (Å²) >= 11 is 0. The van der Waals surface area contributed by atoms with Gasteiger partial charge in [-0.1, -0.05) is 12.8 Å². The molecule has 1 amide bonds. The average Bonchev–Trinajstić information content (AvgIpc) is 3.43. The van der Waals surface area contributed by atoms with Gasteiger partial charge in [0.15, 0.2) is 5.78 Å². The maximum Gasteiger partial charge on any atom is 0.226 e. The van der Waals surface area contributed by atoms with E-state index in [4.69, 9.17) is 0 Å². The van der Waals surface area contributed by atoms with Crippen molar-refractivity contribution in [2.45, 2.75) is 58.5 Å². The topological polar surface area (TPSA) is 58.4 Å². The normalized spacial score (nSPS) is 20.1. The number of aryl methyl sites for hydroxylation is 1. The minimum Gasteiger partial charge on any atom is -0.337 e. The van der Waals surface area contributed by atoms with E-state index >= 15 is 0 Å². The number of amides is 1. The molecule has 2 aliphatic rings. The van der Waals surface area contributed by atoms with E-state index in [1.54, 1.807) is 30.2 Å². The van der Waals surface area contributed by atoms with E-state index in [0.29, 0.717) is 18.0 Å². The molecule has 172 valence electrons. The molecule has 1 aliphatic carbocycles. The van der Waals surface area contributed by atoms with Gasteiger partial charge in [-0.25, -0.2) is 4.39 Å². The minimum absolute atomic E-state index is 0.0644. The van der Waals surface area contributed by atoms with Gasteiger partial charge >= 0.3 is 0 Å². The number of rotatable bonds is 6. The fourth-order valence-electron chi connectivity index (χ4n) is 5.14. The molecular weight excluding hydrogens is 407 g/mol. The lowest BCUT2D eigenvalue weighted by Crippen LogP contribution is -2.54. The second-order valence-electron chi connectivity index (χ2n) is 9.45. The first kappa shape index (κ1) is 22.6. The number of hydrogen-bond acceptors (Lipinski definition) is 4. The Morgan fingerprint density at radius 3 is 2.53 bits per heavy atom. The molecule has 1 aromatic heterocycles. The number of benzene rings is 1. The van der Waals surface area contributed by atoms with Crippen LogP contribution in [-0.4, -0.2) is 56.9 Å². The van der Waals surface area contributed by atoms with E-state index in [1.165, 1.54) is 6.07 Å².